The van der Waals surface area contributed by atoms with Crippen molar-refractivity contribution in [1.82, 2.24) is 8.87 Å². The maximum Gasteiger partial charge on any atom is 0.250 e. The van der Waals surface area contributed by atoms with Gasteiger partial charge in [-0.25, -0.2) is 12.8 Å². The van der Waals surface area contributed by atoms with Gasteiger partial charge in [0.15, 0.2) is 0 Å². The van der Waals surface area contributed by atoms with Gasteiger partial charge in [-0.05, 0) is 60.4 Å². The van der Waals surface area contributed by atoms with Gasteiger partial charge < -0.3 is 4.57 Å². The summed E-state index contributed by atoms with van der Waals surface area (Å²) in [6.45, 7) is 1.09. The number of rotatable bonds is 3. The zero-order valence-corrected chi connectivity index (χ0v) is 18.1. The van der Waals surface area contributed by atoms with Crippen LogP contribution in [0.1, 0.15) is 18.0 Å². The third-order valence-electron chi connectivity index (χ3n) is 6.16. The summed E-state index contributed by atoms with van der Waals surface area (Å²) in [7, 11) is -3.75. The second-order valence-electron chi connectivity index (χ2n) is 8.16. The fraction of sp³-hybridized carbons (Fsp3) is 0.261. The van der Waals surface area contributed by atoms with Crippen LogP contribution in [0, 0.1) is 11.7 Å². The smallest absolute Gasteiger partial charge is 0.250 e. The second kappa shape index (κ2) is 7.58. The molecule has 0 amide bonds. The van der Waals surface area contributed by atoms with E-state index in [1.165, 1.54) is 16.4 Å². The minimum atomic E-state index is -3.75. The van der Waals surface area contributed by atoms with Crippen LogP contribution in [0.4, 0.5) is 4.39 Å². The van der Waals surface area contributed by atoms with Crippen molar-refractivity contribution in [1.29, 1.82) is 0 Å². The van der Waals surface area contributed by atoms with Crippen LogP contribution in [-0.4, -0.2) is 30.4 Å². The first-order valence-electron chi connectivity index (χ1n) is 10.1. The number of halogens is 2. The number of sulfonamides is 1. The molecule has 2 aliphatic heterocycles. The van der Waals surface area contributed by atoms with Crippen molar-refractivity contribution in [2.75, 3.05) is 13.1 Å². The van der Waals surface area contributed by atoms with Crippen molar-refractivity contribution in [2.45, 2.75) is 23.8 Å². The van der Waals surface area contributed by atoms with Crippen LogP contribution in [0.3, 0.4) is 0 Å². The van der Waals surface area contributed by atoms with E-state index in [0.29, 0.717) is 18.1 Å². The Bertz CT molecular complexity index is 1300. The molecule has 0 spiro atoms. The van der Waals surface area contributed by atoms with E-state index < -0.39 is 15.8 Å². The van der Waals surface area contributed by atoms with Crippen LogP contribution in [0.15, 0.2) is 70.4 Å². The summed E-state index contributed by atoms with van der Waals surface area (Å²) < 4.78 is 43.0. The number of fused-ring (bicyclic) bond motifs is 4. The fourth-order valence-corrected chi connectivity index (χ4v) is 6.48. The molecule has 0 N–H and O–H groups in total. The molecule has 5 nitrogen and oxygen atoms in total. The molecule has 2 aliphatic rings. The predicted molar refractivity (Wildman–Crippen MR) is 117 cm³/mol. The quantitative estimate of drug-likeness (QED) is 0.593. The molecule has 2 bridgehead atoms. The normalized spacial score (nSPS) is 21.0. The topological polar surface area (TPSA) is 59.4 Å². The summed E-state index contributed by atoms with van der Waals surface area (Å²) in [5.41, 5.74) is 2.65. The van der Waals surface area contributed by atoms with Gasteiger partial charge in [0, 0.05) is 47.9 Å². The molecule has 0 unspecified atom stereocenters. The van der Waals surface area contributed by atoms with Gasteiger partial charge in [-0.15, -0.1) is 0 Å². The minimum Gasteiger partial charge on any atom is -0.311 e. The second-order valence-corrected chi connectivity index (χ2v) is 10.5. The Morgan fingerprint density at radius 3 is 2.32 bits per heavy atom. The molecule has 0 saturated carbocycles. The number of hydrogen-bond donors (Lipinski definition) is 0. The van der Waals surface area contributed by atoms with Crippen LogP contribution >= 0.6 is 11.6 Å². The van der Waals surface area contributed by atoms with E-state index in [0.717, 1.165) is 35.4 Å². The number of hydrogen-bond acceptors (Lipinski definition) is 3. The van der Waals surface area contributed by atoms with E-state index in [9.17, 15) is 17.6 Å². The molecule has 2 aromatic carbocycles. The summed E-state index contributed by atoms with van der Waals surface area (Å²) in [5.74, 6) is -0.544. The van der Waals surface area contributed by atoms with E-state index in [4.69, 9.17) is 11.6 Å². The standard InChI is InChI=1S/C23H20ClFN2O3S/c24-18-3-1-16(2-4-18)21-9-10-22(28)27-13-15-11-17(23(21)27)14-26(12-15)31(29,30)20-7-5-19(25)6-8-20/h1-10,15,17H,11-14H2/t15-,17-/m0/s1. The molecule has 3 heterocycles. The third-order valence-corrected chi connectivity index (χ3v) is 8.26. The van der Waals surface area contributed by atoms with Gasteiger partial charge in [0.2, 0.25) is 10.0 Å². The number of pyridine rings is 1. The van der Waals surface area contributed by atoms with E-state index in [2.05, 4.69) is 0 Å². The Morgan fingerprint density at radius 1 is 0.903 bits per heavy atom. The summed E-state index contributed by atoms with van der Waals surface area (Å²) in [5, 5.41) is 0.625. The maximum atomic E-state index is 13.3. The van der Waals surface area contributed by atoms with Gasteiger partial charge in [0.1, 0.15) is 5.82 Å². The number of aromatic nitrogens is 1. The third kappa shape index (κ3) is 3.60. The van der Waals surface area contributed by atoms with Crippen molar-refractivity contribution in [2.24, 2.45) is 5.92 Å². The first-order chi connectivity index (χ1) is 14.8. The summed E-state index contributed by atoms with van der Waals surface area (Å²) >= 11 is 6.04. The Labute approximate surface area is 184 Å². The highest BCUT2D eigenvalue weighted by atomic mass is 35.5. The van der Waals surface area contributed by atoms with Gasteiger partial charge in [-0.2, -0.15) is 4.31 Å². The Morgan fingerprint density at radius 2 is 1.61 bits per heavy atom. The van der Waals surface area contributed by atoms with E-state index in [1.54, 1.807) is 22.8 Å². The van der Waals surface area contributed by atoms with E-state index in [1.807, 2.05) is 18.2 Å². The number of piperidine rings is 1. The molecular weight excluding hydrogens is 439 g/mol. The van der Waals surface area contributed by atoms with Gasteiger partial charge >= 0.3 is 0 Å². The summed E-state index contributed by atoms with van der Waals surface area (Å²) in [6.07, 6.45) is 0.819. The first-order valence-corrected chi connectivity index (χ1v) is 11.9. The molecule has 1 fully saturated rings. The zero-order valence-electron chi connectivity index (χ0n) is 16.5. The largest absolute Gasteiger partial charge is 0.311 e. The summed E-state index contributed by atoms with van der Waals surface area (Å²) in [6, 6.07) is 15.7. The highest BCUT2D eigenvalue weighted by molar-refractivity contribution is 7.89. The lowest BCUT2D eigenvalue weighted by molar-refractivity contribution is 0.187. The molecule has 160 valence electrons. The Balaban J connectivity index is 1.56. The first kappa shape index (κ1) is 20.4. The lowest BCUT2D eigenvalue weighted by atomic mass is 9.81. The molecule has 2 atom stereocenters. The Kier molecular flexibility index (Phi) is 5.00. The van der Waals surface area contributed by atoms with Crippen molar-refractivity contribution in [3.8, 4) is 11.1 Å². The van der Waals surface area contributed by atoms with Crippen molar-refractivity contribution >= 4 is 21.6 Å². The van der Waals surface area contributed by atoms with E-state index in [-0.39, 0.29) is 28.8 Å². The van der Waals surface area contributed by atoms with Gasteiger partial charge in [0.25, 0.3) is 5.56 Å². The monoisotopic (exact) mass is 458 g/mol. The average Bonchev–Trinajstić information content (AvgIpc) is 2.75. The lowest BCUT2D eigenvalue weighted by Gasteiger charge is -2.42. The molecule has 3 aromatic rings. The van der Waals surface area contributed by atoms with Gasteiger partial charge in [-0.1, -0.05) is 23.7 Å². The molecule has 31 heavy (non-hydrogen) atoms. The molecular formula is C23H20ClFN2O3S. The average molecular weight is 459 g/mol. The van der Waals surface area contributed by atoms with E-state index >= 15 is 0 Å². The van der Waals surface area contributed by atoms with Gasteiger partial charge in [0.05, 0.1) is 4.90 Å². The molecule has 0 aliphatic carbocycles. The highest BCUT2D eigenvalue weighted by Gasteiger charge is 2.40. The van der Waals surface area contributed by atoms with Crippen molar-refractivity contribution < 1.29 is 12.8 Å². The number of nitrogens with zero attached hydrogens (tertiary/aromatic N) is 2. The predicted octanol–water partition coefficient (Wildman–Crippen LogP) is 4.12. The highest BCUT2D eigenvalue weighted by Crippen LogP contribution is 2.41. The number of benzene rings is 2. The minimum absolute atomic E-state index is 0.0413. The van der Waals surface area contributed by atoms with Crippen LogP contribution in [0.25, 0.3) is 11.1 Å². The van der Waals surface area contributed by atoms with Crippen molar-refractivity contribution in [3.63, 3.8) is 0 Å². The van der Waals surface area contributed by atoms with Crippen LogP contribution < -0.4 is 5.56 Å². The van der Waals surface area contributed by atoms with Crippen LogP contribution in [0.2, 0.25) is 5.02 Å². The molecule has 5 rings (SSSR count). The van der Waals surface area contributed by atoms with Gasteiger partial charge in [-0.3, -0.25) is 4.79 Å². The maximum absolute atomic E-state index is 13.3. The summed E-state index contributed by atoms with van der Waals surface area (Å²) in [4.78, 5) is 12.7. The fourth-order valence-electron chi connectivity index (χ4n) is 4.80. The SMILES string of the molecule is O=c1ccc(-c2ccc(Cl)cc2)c2n1C[C@H]1C[C@H]2CN(S(=O)(=O)c2ccc(F)cc2)C1. The van der Waals surface area contributed by atoms with Crippen molar-refractivity contribution in [3.05, 3.63) is 87.6 Å². The Hall–Kier alpha value is -2.48. The van der Waals surface area contributed by atoms with Crippen LogP contribution in [0.5, 0.6) is 0 Å². The molecule has 1 saturated heterocycles. The molecule has 0 radical (unpaired) electrons. The molecule has 1 aromatic heterocycles. The lowest BCUT2D eigenvalue weighted by Crippen LogP contribution is -2.49. The zero-order chi connectivity index (χ0) is 21.8. The molecule has 8 heteroatoms. The van der Waals surface area contributed by atoms with Crippen LogP contribution in [-0.2, 0) is 16.6 Å².